The second-order valence-corrected chi connectivity index (χ2v) is 9.26. The first kappa shape index (κ1) is 24.9. The van der Waals surface area contributed by atoms with Crippen molar-refractivity contribution < 1.29 is 19.3 Å². The van der Waals surface area contributed by atoms with Crippen molar-refractivity contribution in [2.45, 2.75) is 32.5 Å². The number of aliphatic hydroxyl groups excluding tert-OH is 1. The number of ether oxygens (including phenoxy) is 3. The summed E-state index contributed by atoms with van der Waals surface area (Å²) in [5, 5.41) is 18.6. The van der Waals surface area contributed by atoms with Crippen LogP contribution in [0, 0.1) is 13.8 Å². The van der Waals surface area contributed by atoms with Gasteiger partial charge < -0.3 is 24.2 Å². The van der Waals surface area contributed by atoms with E-state index in [1.54, 1.807) is 14.2 Å². The lowest BCUT2D eigenvalue weighted by molar-refractivity contribution is 0.0703. The van der Waals surface area contributed by atoms with Gasteiger partial charge in [0.25, 0.3) is 0 Å². The first-order valence-electron chi connectivity index (χ1n) is 12.4. The fraction of sp³-hybridized carbons (Fsp3) is 0.357. The van der Waals surface area contributed by atoms with E-state index in [1.807, 2.05) is 66.9 Å². The molecular weight excluding hydrogens is 470 g/mol. The quantitative estimate of drug-likeness (QED) is 0.335. The Kier molecular flexibility index (Phi) is 7.16. The van der Waals surface area contributed by atoms with Gasteiger partial charge in [0.05, 0.1) is 37.0 Å². The number of hydrogen-bond acceptors (Lipinski definition) is 8. The van der Waals surface area contributed by atoms with Crippen molar-refractivity contribution in [2.75, 3.05) is 38.8 Å². The summed E-state index contributed by atoms with van der Waals surface area (Å²) in [7, 11) is 3.26. The van der Waals surface area contributed by atoms with Crippen molar-refractivity contribution in [1.29, 1.82) is 0 Å². The molecule has 1 saturated heterocycles. The Balaban J connectivity index is 1.35. The molecule has 0 amide bonds. The van der Waals surface area contributed by atoms with E-state index in [4.69, 9.17) is 24.3 Å². The van der Waals surface area contributed by atoms with Crippen LogP contribution in [0.15, 0.2) is 54.6 Å². The summed E-state index contributed by atoms with van der Waals surface area (Å²) in [6.45, 7) is 5.78. The number of hydrogen-bond donors (Lipinski definition) is 2. The number of aryl methyl sites for hydroxylation is 2. The molecule has 2 N–H and O–H groups in total. The number of rotatable bonds is 9. The van der Waals surface area contributed by atoms with E-state index >= 15 is 0 Å². The van der Waals surface area contributed by atoms with Gasteiger partial charge in [0.1, 0.15) is 18.6 Å². The average Bonchev–Trinajstić information content (AvgIpc) is 3.50. The molecule has 194 valence electrons. The summed E-state index contributed by atoms with van der Waals surface area (Å²) >= 11 is 0. The Bertz CT molecular complexity index is 1370. The molecule has 0 radical (unpaired) electrons. The Morgan fingerprint density at radius 2 is 1.84 bits per heavy atom. The molecule has 0 aliphatic carbocycles. The molecule has 0 spiro atoms. The van der Waals surface area contributed by atoms with Crippen LogP contribution in [0.2, 0.25) is 0 Å². The molecular formula is C28H33N5O4. The van der Waals surface area contributed by atoms with Crippen LogP contribution in [0.5, 0.6) is 17.2 Å². The van der Waals surface area contributed by atoms with Gasteiger partial charge in [-0.2, -0.15) is 5.10 Å². The Morgan fingerprint density at radius 3 is 2.59 bits per heavy atom. The van der Waals surface area contributed by atoms with Gasteiger partial charge in [-0.3, -0.25) is 5.32 Å². The SMILES string of the molecule is COc1ccc(-c2c(C)nc3c(N4CCC(NC(O)COc5ccccc5)C4)cc(C)nn23)cc1OC. The molecule has 9 heteroatoms. The van der Waals surface area contributed by atoms with Gasteiger partial charge >= 0.3 is 0 Å². The third-order valence-electron chi connectivity index (χ3n) is 6.63. The monoisotopic (exact) mass is 503 g/mol. The number of methoxy groups -OCH3 is 2. The summed E-state index contributed by atoms with van der Waals surface area (Å²) in [5.74, 6) is 2.08. The van der Waals surface area contributed by atoms with Crippen LogP contribution in [-0.2, 0) is 0 Å². The van der Waals surface area contributed by atoms with E-state index in [9.17, 15) is 5.11 Å². The Labute approximate surface area is 216 Å². The second-order valence-electron chi connectivity index (χ2n) is 9.26. The zero-order chi connectivity index (χ0) is 25.9. The van der Waals surface area contributed by atoms with Gasteiger partial charge in [0.15, 0.2) is 17.1 Å². The van der Waals surface area contributed by atoms with E-state index in [-0.39, 0.29) is 12.6 Å². The van der Waals surface area contributed by atoms with Gasteiger partial charge in [-0.15, -0.1) is 0 Å². The van der Waals surface area contributed by atoms with Gasteiger partial charge in [-0.25, -0.2) is 9.50 Å². The molecule has 5 rings (SSSR count). The largest absolute Gasteiger partial charge is 0.493 e. The summed E-state index contributed by atoms with van der Waals surface area (Å²) < 4.78 is 18.5. The van der Waals surface area contributed by atoms with Crippen LogP contribution in [0.3, 0.4) is 0 Å². The average molecular weight is 504 g/mol. The van der Waals surface area contributed by atoms with Crippen molar-refractivity contribution in [1.82, 2.24) is 19.9 Å². The third-order valence-corrected chi connectivity index (χ3v) is 6.63. The number of aromatic nitrogens is 3. The highest BCUT2D eigenvalue weighted by Crippen LogP contribution is 2.35. The summed E-state index contributed by atoms with van der Waals surface area (Å²) in [6.07, 6.45) is 0.146. The zero-order valence-electron chi connectivity index (χ0n) is 21.6. The minimum atomic E-state index is -0.755. The van der Waals surface area contributed by atoms with Crippen LogP contribution in [0.25, 0.3) is 16.9 Å². The van der Waals surface area contributed by atoms with Crippen molar-refractivity contribution in [2.24, 2.45) is 0 Å². The Morgan fingerprint density at radius 1 is 1.05 bits per heavy atom. The van der Waals surface area contributed by atoms with Crippen molar-refractivity contribution >= 4 is 11.3 Å². The number of anilines is 1. The van der Waals surface area contributed by atoms with Crippen LogP contribution in [-0.4, -0.2) is 65.9 Å². The summed E-state index contributed by atoms with van der Waals surface area (Å²) in [6, 6.07) is 17.6. The van der Waals surface area contributed by atoms with Crippen molar-refractivity contribution in [3.63, 3.8) is 0 Å². The fourth-order valence-electron chi connectivity index (χ4n) is 4.91. The van der Waals surface area contributed by atoms with E-state index in [0.29, 0.717) is 11.5 Å². The standard InChI is InChI=1S/C28H33N5O4/c1-18-14-23(32-13-12-21(16-32)30-26(34)17-37-22-8-6-5-7-9-22)28-29-19(2)27(33(28)31-18)20-10-11-24(35-3)25(15-20)36-4/h5-11,14-15,21,26,30,34H,12-13,16-17H2,1-4H3. The first-order chi connectivity index (χ1) is 18.0. The van der Waals surface area contributed by atoms with Crippen LogP contribution in [0.1, 0.15) is 17.8 Å². The predicted molar refractivity (Wildman–Crippen MR) is 143 cm³/mol. The molecule has 2 aromatic carbocycles. The maximum Gasteiger partial charge on any atom is 0.178 e. The number of nitrogens with one attached hydrogen (secondary N) is 1. The molecule has 2 unspecified atom stereocenters. The lowest BCUT2D eigenvalue weighted by Crippen LogP contribution is -2.43. The lowest BCUT2D eigenvalue weighted by Gasteiger charge is -2.22. The molecule has 2 atom stereocenters. The van der Waals surface area contributed by atoms with Crippen LogP contribution < -0.4 is 24.4 Å². The van der Waals surface area contributed by atoms with Crippen molar-refractivity contribution in [3.05, 3.63) is 66.0 Å². The van der Waals surface area contributed by atoms with Crippen LogP contribution in [0.4, 0.5) is 5.69 Å². The molecule has 0 saturated carbocycles. The maximum absolute atomic E-state index is 10.5. The minimum Gasteiger partial charge on any atom is -0.493 e. The van der Waals surface area contributed by atoms with E-state index in [2.05, 4.69) is 16.3 Å². The van der Waals surface area contributed by atoms with E-state index in [0.717, 1.165) is 59.2 Å². The topological polar surface area (TPSA) is 93.4 Å². The first-order valence-corrected chi connectivity index (χ1v) is 12.4. The molecule has 2 aromatic heterocycles. The highest BCUT2D eigenvalue weighted by atomic mass is 16.5. The molecule has 0 bridgehead atoms. The van der Waals surface area contributed by atoms with Gasteiger partial charge in [-0.05, 0) is 56.7 Å². The molecule has 3 heterocycles. The smallest absolute Gasteiger partial charge is 0.178 e. The van der Waals surface area contributed by atoms with E-state index in [1.165, 1.54) is 0 Å². The second kappa shape index (κ2) is 10.7. The van der Waals surface area contributed by atoms with Crippen molar-refractivity contribution in [3.8, 4) is 28.5 Å². The summed E-state index contributed by atoms with van der Waals surface area (Å²) in [5.41, 5.74) is 5.49. The number of benzene rings is 2. The number of fused-ring (bicyclic) bond motifs is 1. The molecule has 1 aliphatic heterocycles. The molecule has 1 fully saturated rings. The highest BCUT2D eigenvalue weighted by molar-refractivity contribution is 5.77. The molecule has 37 heavy (non-hydrogen) atoms. The number of imidazole rings is 1. The van der Waals surface area contributed by atoms with Gasteiger partial charge in [-0.1, -0.05) is 18.2 Å². The number of nitrogens with zero attached hydrogens (tertiary/aromatic N) is 4. The maximum atomic E-state index is 10.5. The van der Waals surface area contributed by atoms with Crippen LogP contribution >= 0.6 is 0 Å². The molecule has 9 nitrogen and oxygen atoms in total. The van der Waals surface area contributed by atoms with Gasteiger partial charge in [0, 0.05) is 24.7 Å². The fourth-order valence-corrected chi connectivity index (χ4v) is 4.91. The van der Waals surface area contributed by atoms with E-state index < -0.39 is 6.23 Å². The molecule has 4 aromatic rings. The number of aliphatic hydroxyl groups is 1. The number of para-hydroxylation sites is 1. The zero-order valence-corrected chi connectivity index (χ0v) is 21.6. The van der Waals surface area contributed by atoms with Gasteiger partial charge in [0.2, 0.25) is 0 Å². The lowest BCUT2D eigenvalue weighted by atomic mass is 10.1. The Hall–Kier alpha value is -3.82. The minimum absolute atomic E-state index is 0.129. The summed E-state index contributed by atoms with van der Waals surface area (Å²) in [4.78, 5) is 7.22. The predicted octanol–water partition coefficient (Wildman–Crippen LogP) is 3.60. The highest BCUT2D eigenvalue weighted by Gasteiger charge is 2.28. The normalized spacial score (nSPS) is 16.2. The third kappa shape index (κ3) is 5.19. The molecule has 1 aliphatic rings.